The third-order valence-electron chi connectivity index (χ3n) is 4.93. The molecular formula is C21H28BBrF3NO5. The lowest BCUT2D eigenvalue weighted by Crippen LogP contribution is -2.41. The van der Waals surface area contributed by atoms with Crippen molar-refractivity contribution < 1.29 is 36.7 Å². The molecule has 32 heavy (non-hydrogen) atoms. The first-order valence-corrected chi connectivity index (χ1v) is 10.8. The van der Waals surface area contributed by atoms with Crippen molar-refractivity contribution in [2.75, 3.05) is 6.54 Å². The molecule has 0 aromatic heterocycles. The van der Waals surface area contributed by atoms with E-state index in [1.54, 1.807) is 26.8 Å². The molecular weight excluding hydrogens is 494 g/mol. The van der Waals surface area contributed by atoms with Crippen LogP contribution in [-0.2, 0) is 14.0 Å². The quantitative estimate of drug-likeness (QED) is 0.489. The van der Waals surface area contributed by atoms with E-state index in [9.17, 15) is 18.0 Å². The molecule has 1 heterocycles. The minimum absolute atomic E-state index is 0.0761. The van der Waals surface area contributed by atoms with Crippen LogP contribution in [-0.4, -0.2) is 42.9 Å². The van der Waals surface area contributed by atoms with Crippen LogP contribution in [0.15, 0.2) is 28.1 Å². The molecule has 178 valence electrons. The van der Waals surface area contributed by atoms with Crippen LogP contribution >= 0.6 is 15.9 Å². The molecule has 1 aliphatic heterocycles. The number of halogens is 4. The van der Waals surface area contributed by atoms with Crippen LogP contribution in [0.1, 0.15) is 54.0 Å². The summed E-state index contributed by atoms with van der Waals surface area (Å²) in [6.07, 6.45) is -4.10. The van der Waals surface area contributed by atoms with E-state index in [-0.39, 0.29) is 12.1 Å². The maximum atomic E-state index is 12.9. The molecule has 1 aromatic carbocycles. The van der Waals surface area contributed by atoms with Crippen molar-refractivity contribution >= 4 is 35.2 Å². The molecule has 2 rings (SSSR count). The van der Waals surface area contributed by atoms with Gasteiger partial charge in [-0.3, -0.25) is 0 Å². The first kappa shape index (κ1) is 26.5. The summed E-state index contributed by atoms with van der Waals surface area (Å²) in [7, 11) is -0.905. The molecule has 0 atom stereocenters. The van der Waals surface area contributed by atoms with Gasteiger partial charge in [0.1, 0.15) is 11.4 Å². The molecule has 0 aliphatic carbocycles. The van der Waals surface area contributed by atoms with E-state index >= 15 is 0 Å². The highest BCUT2D eigenvalue weighted by Crippen LogP contribution is 2.39. The molecule has 1 amide bonds. The Morgan fingerprint density at radius 3 is 2.22 bits per heavy atom. The second-order valence-corrected chi connectivity index (χ2v) is 10.3. The number of ether oxygens (including phenoxy) is 2. The lowest BCUT2D eigenvalue weighted by molar-refractivity contribution is -0.274. The van der Waals surface area contributed by atoms with Gasteiger partial charge in [-0.2, -0.15) is 0 Å². The Morgan fingerprint density at radius 1 is 1.16 bits per heavy atom. The minimum Gasteiger partial charge on any atom is -0.444 e. The monoisotopic (exact) mass is 521 g/mol. The zero-order chi connectivity index (χ0) is 24.5. The number of hydrogen-bond acceptors (Lipinski definition) is 5. The summed E-state index contributed by atoms with van der Waals surface area (Å²) in [4.78, 5) is 12.2. The van der Waals surface area contributed by atoms with Gasteiger partial charge in [0.05, 0.1) is 11.2 Å². The van der Waals surface area contributed by atoms with Crippen LogP contribution < -0.4 is 10.1 Å². The Hall–Kier alpha value is -1.72. The average molecular weight is 522 g/mol. The lowest BCUT2D eigenvalue weighted by Gasteiger charge is -2.32. The van der Waals surface area contributed by atoms with Crippen LogP contribution in [0.25, 0.3) is 6.08 Å². The fourth-order valence-electron chi connectivity index (χ4n) is 2.73. The highest BCUT2D eigenvalue weighted by Gasteiger charge is 2.52. The molecule has 6 nitrogen and oxygen atoms in total. The summed E-state index contributed by atoms with van der Waals surface area (Å²) >= 11 is 3.15. The highest BCUT2D eigenvalue weighted by atomic mass is 79.9. The number of hydrogen-bond donors (Lipinski definition) is 1. The van der Waals surface area contributed by atoms with Crippen LogP contribution in [0.4, 0.5) is 18.0 Å². The third kappa shape index (κ3) is 7.42. The van der Waals surface area contributed by atoms with Crippen molar-refractivity contribution in [3.63, 3.8) is 0 Å². The molecule has 0 radical (unpaired) electrons. The Morgan fingerprint density at radius 2 is 1.72 bits per heavy atom. The fourth-order valence-corrected chi connectivity index (χ4v) is 3.07. The highest BCUT2D eigenvalue weighted by molar-refractivity contribution is 9.10. The summed E-state index contributed by atoms with van der Waals surface area (Å²) in [6, 6.07) is 4.25. The maximum Gasteiger partial charge on any atom is 0.573 e. The molecule has 0 spiro atoms. The molecule has 1 saturated heterocycles. The van der Waals surface area contributed by atoms with Crippen molar-refractivity contribution in [2.45, 2.75) is 71.6 Å². The minimum atomic E-state index is -4.87. The van der Waals surface area contributed by atoms with Gasteiger partial charge in [-0.25, -0.2) is 4.79 Å². The van der Waals surface area contributed by atoms with E-state index in [4.69, 9.17) is 14.0 Å². The van der Waals surface area contributed by atoms with E-state index in [1.807, 2.05) is 27.7 Å². The Kier molecular flexibility index (Phi) is 7.68. The smallest absolute Gasteiger partial charge is 0.444 e. The molecule has 1 fully saturated rings. The summed E-state index contributed by atoms with van der Waals surface area (Å²) in [5, 5.41) is 2.61. The largest absolute Gasteiger partial charge is 0.573 e. The number of carbonyl (C=O) groups excluding carboxylic acids is 1. The summed E-state index contributed by atoms with van der Waals surface area (Å²) < 4.78 is 60.7. The topological polar surface area (TPSA) is 66.0 Å². The van der Waals surface area contributed by atoms with Gasteiger partial charge in [0.15, 0.2) is 0 Å². The normalized spacial score (nSPS) is 18.5. The van der Waals surface area contributed by atoms with Gasteiger partial charge in [-0.1, -0.05) is 28.1 Å². The number of alkyl carbamates (subject to hydrolysis) is 1. The predicted octanol–water partition coefficient (Wildman–Crippen LogP) is 5.89. The van der Waals surface area contributed by atoms with E-state index in [0.29, 0.717) is 9.95 Å². The molecule has 1 aromatic rings. The third-order valence-corrected chi connectivity index (χ3v) is 5.43. The van der Waals surface area contributed by atoms with Gasteiger partial charge in [0.2, 0.25) is 0 Å². The van der Waals surface area contributed by atoms with Gasteiger partial charge < -0.3 is 24.1 Å². The summed E-state index contributed by atoms with van der Waals surface area (Å²) in [5.74, 6) is -0.404. The van der Waals surface area contributed by atoms with Crippen LogP contribution in [0.2, 0.25) is 0 Å². The summed E-state index contributed by atoms with van der Waals surface area (Å²) in [6.45, 7) is 12.5. The number of rotatable bonds is 5. The van der Waals surface area contributed by atoms with Gasteiger partial charge in [0, 0.05) is 16.6 Å². The van der Waals surface area contributed by atoms with Crippen molar-refractivity contribution in [3.05, 3.63) is 33.7 Å². The second-order valence-electron chi connectivity index (χ2n) is 9.39. The number of carbonyl (C=O) groups is 1. The molecule has 1 N–H and O–H groups in total. The lowest BCUT2D eigenvalue weighted by atomic mass is 9.77. The van der Waals surface area contributed by atoms with Crippen molar-refractivity contribution in [3.8, 4) is 5.75 Å². The van der Waals surface area contributed by atoms with Gasteiger partial charge >= 0.3 is 19.6 Å². The van der Waals surface area contributed by atoms with Gasteiger partial charge in [-0.15, -0.1) is 13.2 Å². The molecule has 0 bridgehead atoms. The summed E-state index contributed by atoms with van der Waals surface area (Å²) in [5.41, 5.74) is -1.55. The zero-order valence-corrected chi connectivity index (χ0v) is 20.7. The Bertz CT molecular complexity index is 865. The first-order chi connectivity index (χ1) is 14.4. The fraction of sp³-hybridized carbons (Fsp3) is 0.571. The Labute approximate surface area is 195 Å². The molecule has 0 saturated carbocycles. The number of alkyl halides is 3. The van der Waals surface area contributed by atoms with Crippen LogP contribution in [0.5, 0.6) is 5.75 Å². The van der Waals surface area contributed by atoms with Gasteiger partial charge in [-0.05, 0) is 66.1 Å². The van der Waals surface area contributed by atoms with Crippen molar-refractivity contribution in [1.82, 2.24) is 5.32 Å². The average Bonchev–Trinajstić information content (AvgIpc) is 2.78. The maximum absolute atomic E-state index is 12.9. The molecule has 11 heteroatoms. The van der Waals surface area contributed by atoms with Gasteiger partial charge in [0.25, 0.3) is 0 Å². The number of amides is 1. The zero-order valence-electron chi connectivity index (χ0n) is 19.1. The molecule has 1 aliphatic rings. The van der Waals surface area contributed by atoms with E-state index < -0.39 is 42.1 Å². The van der Waals surface area contributed by atoms with E-state index in [0.717, 1.165) is 0 Å². The van der Waals surface area contributed by atoms with Crippen LogP contribution in [0.3, 0.4) is 0 Å². The molecule has 0 unspecified atom stereocenters. The first-order valence-electron chi connectivity index (χ1n) is 9.97. The number of nitrogens with one attached hydrogen (secondary N) is 1. The number of benzene rings is 1. The van der Waals surface area contributed by atoms with E-state index in [2.05, 4.69) is 26.0 Å². The Balaban J connectivity index is 2.41. The van der Waals surface area contributed by atoms with Crippen molar-refractivity contribution in [1.29, 1.82) is 0 Å². The second kappa shape index (κ2) is 9.27. The standard InChI is InChI=1S/C21H28BBrF3NO5/c1-18(2,3)30-17(28)27-12-14(22-31-19(4,5)20(6,7)32-22)10-13-8-9-15(23)11-16(13)29-21(24,25)26/h8-11H,12H2,1-7H3,(H,27,28). The van der Waals surface area contributed by atoms with E-state index in [1.165, 1.54) is 18.2 Å². The predicted molar refractivity (Wildman–Crippen MR) is 119 cm³/mol. The SMILES string of the molecule is CC(C)(C)OC(=O)NCC(=Cc1ccc(Br)cc1OC(F)(F)F)B1OC(C)(C)C(C)(C)O1. The van der Waals surface area contributed by atoms with Crippen molar-refractivity contribution in [2.24, 2.45) is 0 Å². The van der Waals surface area contributed by atoms with Crippen LogP contribution in [0, 0.1) is 0 Å².